The maximum Gasteiger partial charge on any atom is 0.338 e. The molecular weight excluding hydrogens is 236 g/mol. The first kappa shape index (κ1) is 15.0. The van der Waals surface area contributed by atoms with Gasteiger partial charge >= 0.3 is 5.97 Å². The van der Waals surface area contributed by atoms with E-state index < -0.39 is 18.2 Å². The van der Waals surface area contributed by atoms with Crippen molar-refractivity contribution in [3.8, 4) is 0 Å². The van der Waals surface area contributed by atoms with E-state index in [0.717, 1.165) is 0 Å². The van der Waals surface area contributed by atoms with Crippen molar-refractivity contribution in [3.05, 3.63) is 22.4 Å². The number of aliphatic hydroxyl groups is 4. The number of aliphatic hydroxyl groups excluding tert-OH is 4. The number of rotatable bonds is 4. The normalized spacial score (nSPS) is 11.8. The van der Waals surface area contributed by atoms with Crippen LogP contribution in [-0.4, -0.2) is 50.8 Å². The van der Waals surface area contributed by atoms with Crippen LogP contribution in [0.25, 0.3) is 0 Å². The van der Waals surface area contributed by atoms with E-state index in [9.17, 15) is 4.79 Å². The van der Waals surface area contributed by atoms with Gasteiger partial charge in [-0.05, 0) is 11.4 Å². The van der Waals surface area contributed by atoms with E-state index in [1.807, 2.05) is 0 Å². The van der Waals surface area contributed by atoms with E-state index in [2.05, 4.69) is 0 Å². The molecule has 1 atom stereocenters. The average Bonchev–Trinajstić information content (AvgIpc) is 2.81. The molecule has 1 rings (SSSR count). The Labute approximate surface area is 96.0 Å². The monoisotopic (exact) mass is 250 g/mol. The molecule has 1 unspecified atom stereocenters. The summed E-state index contributed by atoms with van der Waals surface area (Å²) in [5.74, 6) is -1.21. The summed E-state index contributed by atoms with van der Waals surface area (Å²) in [4.78, 5) is 10.6. The van der Waals surface area contributed by atoms with Crippen molar-refractivity contribution in [1.82, 2.24) is 0 Å². The zero-order valence-electron chi connectivity index (χ0n) is 8.35. The molecule has 7 heteroatoms. The summed E-state index contributed by atoms with van der Waals surface area (Å²) >= 11 is 1.23. The highest BCUT2D eigenvalue weighted by molar-refractivity contribution is 7.10. The lowest BCUT2D eigenvalue weighted by atomic mass is 10.3. The van der Waals surface area contributed by atoms with Crippen molar-refractivity contribution >= 4 is 17.3 Å². The molecule has 0 aliphatic heterocycles. The summed E-state index contributed by atoms with van der Waals surface area (Å²) in [5.41, 5.74) is 0. The number of carboxylic acids is 1. The molecular formula is C9H14O6S. The summed E-state index contributed by atoms with van der Waals surface area (Å²) in [7, 11) is 0. The third kappa shape index (κ3) is 5.79. The quantitative estimate of drug-likeness (QED) is 0.477. The van der Waals surface area contributed by atoms with E-state index in [4.69, 9.17) is 25.5 Å². The second kappa shape index (κ2) is 8.20. The second-order valence-electron chi connectivity index (χ2n) is 2.78. The van der Waals surface area contributed by atoms with Gasteiger partial charge in [0.15, 0.2) is 6.10 Å². The van der Waals surface area contributed by atoms with Crippen LogP contribution in [0.4, 0.5) is 0 Å². The molecule has 0 radical (unpaired) electrons. The van der Waals surface area contributed by atoms with Gasteiger partial charge in [0, 0.05) is 4.88 Å². The van der Waals surface area contributed by atoms with Crippen LogP contribution in [-0.2, 0) is 4.79 Å². The molecule has 0 fully saturated rings. The summed E-state index contributed by atoms with van der Waals surface area (Å²) in [6, 6.07) is 3.29. The first-order valence-corrected chi connectivity index (χ1v) is 5.25. The smallest absolute Gasteiger partial charge is 0.338 e. The van der Waals surface area contributed by atoms with Gasteiger partial charge in [0.2, 0.25) is 0 Å². The Morgan fingerprint density at radius 3 is 2.12 bits per heavy atom. The summed E-state index contributed by atoms with van der Waals surface area (Å²) in [6.45, 7) is -0.729. The van der Waals surface area contributed by atoms with Gasteiger partial charge in [-0.3, -0.25) is 0 Å². The predicted octanol–water partition coefficient (Wildman–Crippen LogP) is -0.802. The zero-order chi connectivity index (χ0) is 12.6. The molecule has 0 amide bonds. The van der Waals surface area contributed by atoms with Crippen molar-refractivity contribution in [3.63, 3.8) is 0 Å². The molecule has 0 bridgehead atoms. The van der Waals surface area contributed by atoms with E-state index in [1.165, 1.54) is 11.3 Å². The molecule has 1 aromatic heterocycles. The summed E-state index contributed by atoms with van der Waals surface area (Å²) < 4.78 is 0. The van der Waals surface area contributed by atoms with Crippen molar-refractivity contribution in [1.29, 1.82) is 0 Å². The Kier molecular flexibility index (Phi) is 7.69. The standard InChI is InChI=1S/C6H6O3S.C3H8O3/c7-5(6(8)9)4-2-1-3-10-4;4-1-3(6)2-5/h1-3,5,7H,(H,8,9);3-6H,1-2H2. The lowest BCUT2D eigenvalue weighted by Gasteiger charge is -1.98. The van der Waals surface area contributed by atoms with Gasteiger partial charge in [-0.15, -0.1) is 11.3 Å². The molecule has 1 aromatic rings. The van der Waals surface area contributed by atoms with Gasteiger partial charge in [-0.2, -0.15) is 0 Å². The molecule has 0 spiro atoms. The number of hydrogen-bond donors (Lipinski definition) is 5. The third-order valence-corrected chi connectivity index (χ3v) is 2.39. The van der Waals surface area contributed by atoms with Crippen LogP contribution in [0.2, 0.25) is 0 Å². The van der Waals surface area contributed by atoms with E-state index in [1.54, 1.807) is 17.5 Å². The molecule has 0 aliphatic rings. The van der Waals surface area contributed by atoms with Gasteiger partial charge in [0.1, 0.15) is 6.10 Å². The van der Waals surface area contributed by atoms with Gasteiger partial charge in [-0.1, -0.05) is 6.07 Å². The van der Waals surface area contributed by atoms with Crippen molar-refractivity contribution in [2.45, 2.75) is 12.2 Å². The highest BCUT2D eigenvalue weighted by Crippen LogP contribution is 2.18. The van der Waals surface area contributed by atoms with Crippen LogP contribution in [0.3, 0.4) is 0 Å². The minimum Gasteiger partial charge on any atom is -0.479 e. The van der Waals surface area contributed by atoms with Gasteiger partial charge in [0.05, 0.1) is 13.2 Å². The van der Waals surface area contributed by atoms with Gasteiger partial charge in [-0.25, -0.2) is 4.79 Å². The minimum absolute atomic E-state index is 0.365. The fourth-order valence-corrected chi connectivity index (χ4v) is 1.33. The van der Waals surface area contributed by atoms with E-state index in [0.29, 0.717) is 4.88 Å². The molecule has 0 aromatic carbocycles. The van der Waals surface area contributed by atoms with E-state index >= 15 is 0 Å². The Balaban J connectivity index is 0.000000325. The van der Waals surface area contributed by atoms with E-state index in [-0.39, 0.29) is 13.2 Å². The average molecular weight is 250 g/mol. The molecule has 0 saturated heterocycles. The van der Waals surface area contributed by atoms with Crippen LogP contribution in [0.15, 0.2) is 17.5 Å². The van der Waals surface area contributed by atoms with Crippen LogP contribution >= 0.6 is 11.3 Å². The van der Waals surface area contributed by atoms with Crippen molar-refractivity contribution in [2.75, 3.05) is 13.2 Å². The van der Waals surface area contributed by atoms with Crippen LogP contribution in [0, 0.1) is 0 Å². The minimum atomic E-state index is -1.36. The Morgan fingerprint density at radius 1 is 1.31 bits per heavy atom. The van der Waals surface area contributed by atoms with Gasteiger partial charge < -0.3 is 25.5 Å². The van der Waals surface area contributed by atoms with Crippen LogP contribution in [0.1, 0.15) is 11.0 Å². The Bertz CT molecular complexity index is 282. The predicted molar refractivity (Wildman–Crippen MR) is 57.1 cm³/mol. The Hall–Kier alpha value is -0.990. The zero-order valence-corrected chi connectivity index (χ0v) is 9.17. The highest BCUT2D eigenvalue weighted by atomic mass is 32.1. The number of thiophene rings is 1. The van der Waals surface area contributed by atoms with Crippen molar-refractivity contribution < 1.29 is 30.3 Å². The number of hydrogen-bond acceptors (Lipinski definition) is 6. The third-order valence-electron chi connectivity index (χ3n) is 1.47. The van der Waals surface area contributed by atoms with Gasteiger partial charge in [0.25, 0.3) is 0 Å². The molecule has 92 valence electrons. The largest absolute Gasteiger partial charge is 0.479 e. The lowest BCUT2D eigenvalue weighted by molar-refractivity contribution is -0.146. The fourth-order valence-electron chi connectivity index (χ4n) is 0.626. The summed E-state index contributed by atoms with van der Waals surface area (Å²) in [6.07, 6.45) is -2.31. The first-order chi connectivity index (χ1) is 7.52. The lowest BCUT2D eigenvalue weighted by Crippen LogP contribution is -2.15. The van der Waals surface area contributed by atoms with Crippen LogP contribution < -0.4 is 0 Å². The second-order valence-corrected chi connectivity index (χ2v) is 3.75. The molecule has 0 aliphatic carbocycles. The fraction of sp³-hybridized carbons (Fsp3) is 0.444. The molecule has 16 heavy (non-hydrogen) atoms. The van der Waals surface area contributed by atoms with Crippen LogP contribution in [0.5, 0.6) is 0 Å². The molecule has 5 N–H and O–H groups in total. The molecule has 0 saturated carbocycles. The summed E-state index contributed by atoms with van der Waals surface area (Å²) in [5, 5.41) is 42.9. The number of carboxylic acid groups (broad SMARTS) is 1. The molecule has 1 heterocycles. The SMILES string of the molecule is O=C(O)C(O)c1cccs1.OCC(O)CO. The first-order valence-electron chi connectivity index (χ1n) is 4.37. The number of carbonyl (C=O) groups is 1. The van der Waals surface area contributed by atoms with Crippen molar-refractivity contribution in [2.24, 2.45) is 0 Å². The molecule has 6 nitrogen and oxygen atoms in total. The maximum absolute atomic E-state index is 10.2. The highest BCUT2D eigenvalue weighted by Gasteiger charge is 2.15. The topological polar surface area (TPSA) is 118 Å². The number of aliphatic carboxylic acids is 1. The maximum atomic E-state index is 10.2. The Morgan fingerprint density at radius 2 is 1.88 bits per heavy atom.